The molecule has 1 unspecified atom stereocenters. The summed E-state index contributed by atoms with van der Waals surface area (Å²) in [6.07, 6.45) is 5.51. The van der Waals surface area contributed by atoms with Gasteiger partial charge >= 0.3 is 0 Å². The summed E-state index contributed by atoms with van der Waals surface area (Å²) in [5.41, 5.74) is 3.72. The molecule has 1 N–H and O–H groups in total. The molecule has 3 rings (SSSR count). The third-order valence-electron chi connectivity index (χ3n) is 3.51. The Labute approximate surface area is 96.3 Å². The zero-order valence-electron chi connectivity index (χ0n) is 9.84. The van der Waals surface area contributed by atoms with Crippen LogP contribution in [-0.2, 0) is 0 Å². The minimum atomic E-state index is -0.0900. The van der Waals surface area contributed by atoms with E-state index in [2.05, 4.69) is 43.4 Å². The van der Waals surface area contributed by atoms with Gasteiger partial charge in [0, 0.05) is 18.5 Å². The Bertz CT molecular complexity index is 456. The lowest BCUT2D eigenvalue weighted by molar-refractivity contribution is 0.139. The molecule has 1 atom stereocenters. The summed E-state index contributed by atoms with van der Waals surface area (Å²) in [4.78, 5) is 0. The number of hydrogen-bond acceptors (Lipinski definition) is 2. The summed E-state index contributed by atoms with van der Waals surface area (Å²) in [7, 11) is 0. The van der Waals surface area contributed by atoms with Crippen molar-refractivity contribution in [3.63, 3.8) is 0 Å². The second-order valence-electron chi connectivity index (χ2n) is 4.92. The van der Waals surface area contributed by atoms with Gasteiger partial charge in [-0.3, -0.25) is 0 Å². The monoisotopic (exact) mass is 215 g/mol. The molecule has 0 bridgehead atoms. The van der Waals surface area contributed by atoms with Crippen molar-refractivity contribution in [2.24, 2.45) is 0 Å². The van der Waals surface area contributed by atoms with Crippen LogP contribution in [0.25, 0.3) is 6.08 Å². The fourth-order valence-electron chi connectivity index (χ4n) is 2.64. The maximum Gasteiger partial charge on any atom is 0.141 e. The van der Waals surface area contributed by atoms with Crippen LogP contribution < -0.4 is 10.1 Å². The largest absolute Gasteiger partial charge is 0.481 e. The Morgan fingerprint density at radius 2 is 2.19 bits per heavy atom. The van der Waals surface area contributed by atoms with E-state index < -0.39 is 0 Å². The minimum Gasteiger partial charge on any atom is -0.481 e. The average Bonchev–Trinajstić information content (AvgIpc) is 2.65. The van der Waals surface area contributed by atoms with Gasteiger partial charge in [-0.2, -0.15) is 0 Å². The average molecular weight is 215 g/mol. The van der Waals surface area contributed by atoms with Crippen LogP contribution in [0.4, 0.5) is 0 Å². The van der Waals surface area contributed by atoms with Crippen molar-refractivity contribution in [3.8, 4) is 5.75 Å². The fourth-order valence-corrected chi connectivity index (χ4v) is 2.64. The number of ether oxygens (including phenoxy) is 1. The summed E-state index contributed by atoms with van der Waals surface area (Å²) in [5, 5.41) is 3.37. The summed E-state index contributed by atoms with van der Waals surface area (Å²) < 4.78 is 6.19. The second-order valence-corrected chi connectivity index (χ2v) is 4.92. The van der Waals surface area contributed by atoms with Crippen LogP contribution >= 0.6 is 0 Å². The topological polar surface area (TPSA) is 21.3 Å². The SMILES string of the molecule is Cc1cc(C)c2c(c1)OC1(C=C2)CCNC1. The highest BCUT2D eigenvalue weighted by atomic mass is 16.5. The highest BCUT2D eigenvalue weighted by Gasteiger charge is 2.36. The summed E-state index contributed by atoms with van der Waals surface area (Å²) in [6, 6.07) is 4.35. The first-order valence-electron chi connectivity index (χ1n) is 5.89. The van der Waals surface area contributed by atoms with Crippen LogP contribution in [0, 0.1) is 13.8 Å². The van der Waals surface area contributed by atoms with Gasteiger partial charge in [-0.15, -0.1) is 0 Å². The molecule has 2 heterocycles. The van der Waals surface area contributed by atoms with Gasteiger partial charge in [0.25, 0.3) is 0 Å². The first-order valence-corrected chi connectivity index (χ1v) is 5.89. The van der Waals surface area contributed by atoms with E-state index in [1.807, 2.05) is 0 Å². The van der Waals surface area contributed by atoms with Gasteiger partial charge < -0.3 is 10.1 Å². The third kappa shape index (κ3) is 1.45. The first-order chi connectivity index (χ1) is 7.69. The van der Waals surface area contributed by atoms with Crippen LogP contribution in [0.2, 0.25) is 0 Å². The Morgan fingerprint density at radius 3 is 2.94 bits per heavy atom. The molecular weight excluding hydrogens is 198 g/mol. The molecule has 0 aliphatic carbocycles. The molecule has 1 saturated heterocycles. The number of nitrogens with one attached hydrogen (secondary N) is 1. The Morgan fingerprint density at radius 1 is 1.31 bits per heavy atom. The molecule has 2 aliphatic rings. The molecule has 1 aromatic carbocycles. The van der Waals surface area contributed by atoms with Crippen molar-refractivity contribution >= 4 is 6.08 Å². The maximum absolute atomic E-state index is 6.19. The second kappa shape index (κ2) is 3.36. The Kier molecular flexibility index (Phi) is 2.08. The van der Waals surface area contributed by atoms with Crippen molar-refractivity contribution in [1.29, 1.82) is 0 Å². The number of aryl methyl sites for hydroxylation is 2. The molecule has 84 valence electrons. The molecule has 0 saturated carbocycles. The lowest BCUT2D eigenvalue weighted by Gasteiger charge is -2.31. The molecule has 16 heavy (non-hydrogen) atoms. The van der Waals surface area contributed by atoms with E-state index in [9.17, 15) is 0 Å². The summed E-state index contributed by atoms with van der Waals surface area (Å²) >= 11 is 0. The molecule has 1 aromatic rings. The molecule has 2 aliphatic heterocycles. The van der Waals surface area contributed by atoms with Crippen LogP contribution in [0.1, 0.15) is 23.1 Å². The van der Waals surface area contributed by atoms with E-state index in [0.717, 1.165) is 25.3 Å². The molecule has 2 heteroatoms. The predicted octanol–water partition coefficient (Wildman–Crippen LogP) is 2.44. The highest BCUT2D eigenvalue weighted by molar-refractivity contribution is 5.65. The third-order valence-corrected chi connectivity index (χ3v) is 3.51. The van der Waals surface area contributed by atoms with E-state index in [4.69, 9.17) is 4.74 Å². The Hall–Kier alpha value is -1.28. The lowest BCUT2D eigenvalue weighted by Crippen LogP contribution is -2.37. The van der Waals surface area contributed by atoms with Crippen molar-refractivity contribution in [1.82, 2.24) is 5.32 Å². The molecule has 0 amide bonds. The van der Waals surface area contributed by atoms with Gasteiger partial charge in [0.1, 0.15) is 11.4 Å². The van der Waals surface area contributed by atoms with Gasteiger partial charge in [0.15, 0.2) is 0 Å². The number of fused-ring (bicyclic) bond motifs is 1. The smallest absolute Gasteiger partial charge is 0.141 e. The molecule has 1 fully saturated rings. The first kappa shape index (κ1) is 9.91. The maximum atomic E-state index is 6.19. The quantitative estimate of drug-likeness (QED) is 0.717. The van der Waals surface area contributed by atoms with E-state index >= 15 is 0 Å². The zero-order valence-corrected chi connectivity index (χ0v) is 9.84. The van der Waals surface area contributed by atoms with Gasteiger partial charge in [-0.1, -0.05) is 12.1 Å². The lowest BCUT2D eigenvalue weighted by atomic mass is 9.94. The van der Waals surface area contributed by atoms with Crippen molar-refractivity contribution < 1.29 is 4.74 Å². The summed E-state index contributed by atoms with van der Waals surface area (Å²) in [5.74, 6) is 1.05. The molecular formula is C14H17NO. The van der Waals surface area contributed by atoms with Crippen molar-refractivity contribution in [2.75, 3.05) is 13.1 Å². The highest BCUT2D eigenvalue weighted by Crippen LogP contribution is 2.36. The predicted molar refractivity (Wildman–Crippen MR) is 65.8 cm³/mol. The van der Waals surface area contributed by atoms with Gasteiger partial charge in [-0.05, 0) is 43.7 Å². The van der Waals surface area contributed by atoms with Crippen LogP contribution in [0.5, 0.6) is 5.75 Å². The van der Waals surface area contributed by atoms with E-state index in [-0.39, 0.29) is 5.60 Å². The summed E-state index contributed by atoms with van der Waals surface area (Å²) in [6.45, 7) is 6.24. The van der Waals surface area contributed by atoms with E-state index in [1.54, 1.807) is 0 Å². The van der Waals surface area contributed by atoms with Crippen molar-refractivity contribution in [3.05, 3.63) is 34.9 Å². The van der Waals surface area contributed by atoms with Gasteiger partial charge in [-0.25, -0.2) is 0 Å². The molecule has 0 aromatic heterocycles. The molecule has 0 radical (unpaired) electrons. The van der Waals surface area contributed by atoms with Crippen LogP contribution in [0.3, 0.4) is 0 Å². The normalized spacial score (nSPS) is 26.9. The number of rotatable bonds is 0. The molecule has 2 nitrogen and oxygen atoms in total. The number of hydrogen-bond donors (Lipinski definition) is 1. The van der Waals surface area contributed by atoms with E-state index in [1.165, 1.54) is 16.7 Å². The molecule has 1 spiro atoms. The van der Waals surface area contributed by atoms with Crippen molar-refractivity contribution in [2.45, 2.75) is 25.9 Å². The van der Waals surface area contributed by atoms with Gasteiger partial charge in [0.2, 0.25) is 0 Å². The van der Waals surface area contributed by atoms with Crippen LogP contribution in [0.15, 0.2) is 18.2 Å². The fraction of sp³-hybridized carbons (Fsp3) is 0.429. The Balaban J connectivity index is 2.06. The number of benzene rings is 1. The van der Waals surface area contributed by atoms with E-state index in [0.29, 0.717) is 0 Å². The zero-order chi connectivity index (χ0) is 11.2. The standard InChI is InChI=1S/C14H17NO/c1-10-7-11(2)12-3-4-14(5-6-15-9-14)16-13(12)8-10/h3-4,7-8,15H,5-6,9H2,1-2H3. The van der Waals surface area contributed by atoms with Gasteiger partial charge in [0.05, 0.1) is 0 Å². The van der Waals surface area contributed by atoms with Crippen LogP contribution in [-0.4, -0.2) is 18.7 Å². The minimum absolute atomic E-state index is 0.0900.